The molecular formula is C24H23N3O6. The third-order valence-corrected chi connectivity index (χ3v) is 5.72. The molecule has 0 fully saturated rings. The highest BCUT2D eigenvalue weighted by atomic mass is 16.6. The molecule has 0 spiro atoms. The van der Waals surface area contributed by atoms with Crippen LogP contribution in [0.15, 0.2) is 36.4 Å². The van der Waals surface area contributed by atoms with Crippen LogP contribution in [0.3, 0.4) is 0 Å². The number of hydrogen-bond acceptors (Lipinski definition) is 6. The smallest absolute Gasteiger partial charge is 0.338 e. The van der Waals surface area contributed by atoms with Crippen LogP contribution in [0, 0.1) is 0 Å². The summed E-state index contributed by atoms with van der Waals surface area (Å²) in [5.74, 6) is -0.253. The number of carbonyl (C=O) groups excluding carboxylic acids is 3. The standard InChI is InChI=1S/C24H23N3O6/c28-22(27-24(30)25-15-6-8-20-21(12-15)32-10-9-31-20)13-33-23(29)14-5-7-19-17(11-14)16-3-1-2-4-18(16)26-19/h5-8,11-12,26H,1-4,9-10,13H2,(H2,25,27,28,30). The van der Waals surface area contributed by atoms with Gasteiger partial charge in [0.1, 0.15) is 13.2 Å². The third kappa shape index (κ3) is 4.48. The molecule has 3 aromatic rings. The van der Waals surface area contributed by atoms with Crippen LogP contribution >= 0.6 is 0 Å². The lowest BCUT2D eigenvalue weighted by Crippen LogP contribution is -2.37. The second kappa shape index (κ2) is 8.85. The van der Waals surface area contributed by atoms with Crippen LogP contribution in [-0.4, -0.2) is 42.7 Å². The van der Waals surface area contributed by atoms with Gasteiger partial charge in [-0.2, -0.15) is 0 Å². The summed E-state index contributed by atoms with van der Waals surface area (Å²) in [6.07, 6.45) is 4.28. The van der Waals surface area contributed by atoms with E-state index in [1.165, 1.54) is 11.3 Å². The molecule has 0 atom stereocenters. The van der Waals surface area contributed by atoms with Crippen molar-refractivity contribution in [2.45, 2.75) is 25.7 Å². The molecule has 2 heterocycles. The van der Waals surface area contributed by atoms with Crippen molar-refractivity contribution in [1.29, 1.82) is 0 Å². The van der Waals surface area contributed by atoms with E-state index < -0.39 is 24.5 Å². The Hall–Kier alpha value is -4.01. The minimum absolute atomic E-state index is 0.364. The first-order valence-corrected chi connectivity index (χ1v) is 10.9. The van der Waals surface area contributed by atoms with E-state index in [2.05, 4.69) is 15.6 Å². The quantitative estimate of drug-likeness (QED) is 0.526. The molecule has 3 N–H and O–H groups in total. The highest BCUT2D eigenvalue weighted by molar-refractivity contribution is 6.03. The van der Waals surface area contributed by atoms with E-state index in [1.807, 2.05) is 6.07 Å². The number of aromatic nitrogens is 1. The van der Waals surface area contributed by atoms with Gasteiger partial charge in [-0.1, -0.05) is 0 Å². The molecule has 0 bridgehead atoms. The lowest BCUT2D eigenvalue weighted by molar-refractivity contribution is -0.123. The summed E-state index contributed by atoms with van der Waals surface area (Å²) in [7, 11) is 0. The van der Waals surface area contributed by atoms with Gasteiger partial charge in [0, 0.05) is 28.4 Å². The van der Waals surface area contributed by atoms with E-state index in [1.54, 1.807) is 30.3 Å². The fraction of sp³-hybridized carbons (Fsp3) is 0.292. The summed E-state index contributed by atoms with van der Waals surface area (Å²) in [5, 5.41) is 5.69. The lowest BCUT2D eigenvalue weighted by atomic mass is 9.95. The van der Waals surface area contributed by atoms with E-state index in [-0.39, 0.29) is 0 Å². The third-order valence-electron chi connectivity index (χ3n) is 5.72. The summed E-state index contributed by atoms with van der Waals surface area (Å²) in [5.41, 5.74) is 4.27. The summed E-state index contributed by atoms with van der Waals surface area (Å²) in [6, 6.07) is 9.48. The number of benzene rings is 2. The molecule has 0 saturated heterocycles. The van der Waals surface area contributed by atoms with Crippen molar-refractivity contribution in [1.82, 2.24) is 10.3 Å². The van der Waals surface area contributed by atoms with Gasteiger partial charge in [0.05, 0.1) is 5.56 Å². The fourth-order valence-corrected chi connectivity index (χ4v) is 4.19. The van der Waals surface area contributed by atoms with Crippen molar-refractivity contribution in [3.8, 4) is 11.5 Å². The number of hydrogen-bond donors (Lipinski definition) is 3. The predicted octanol–water partition coefficient (Wildman–Crippen LogP) is 3.32. The highest BCUT2D eigenvalue weighted by Gasteiger charge is 2.19. The van der Waals surface area contributed by atoms with Crippen molar-refractivity contribution < 1.29 is 28.6 Å². The van der Waals surface area contributed by atoms with Crippen LogP contribution in [0.2, 0.25) is 0 Å². The van der Waals surface area contributed by atoms with E-state index >= 15 is 0 Å². The molecule has 33 heavy (non-hydrogen) atoms. The van der Waals surface area contributed by atoms with Crippen molar-refractivity contribution in [2.24, 2.45) is 0 Å². The van der Waals surface area contributed by atoms with Crippen molar-refractivity contribution in [3.05, 3.63) is 53.2 Å². The first-order valence-electron chi connectivity index (χ1n) is 10.9. The van der Waals surface area contributed by atoms with E-state index in [4.69, 9.17) is 14.2 Å². The molecule has 0 saturated carbocycles. The second-order valence-corrected chi connectivity index (χ2v) is 7.99. The Kier molecular flexibility index (Phi) is 5.60. The molecule has 1 aliphatic heterocycles. The minimum Gasteiger partial charge on any atom is -0.486 e. The zero-order valence-electron chi connectivity index (χ0n) is 17.9. The maximum atomic E-state index is 12.5. The topological polar surface area (TPSA) is 119 Å². The molecule has 1 aliphatic carbocycles. The number of H-pyrrole nitrogens is 1. The van der Waals surface area contributed by atoms with Crippen LogP contribution in [-0.2, 0) is 22.4 Å². The minimum atomic E-state index is -0.743. The number of urea groups is 1. The Morgan fingerprint density at radius 3 is 2.67 bits per heavy atom. The Bertz CT molecular complexity index is 1250. The van der Waals surface area contributed by atoms with Crippen LogP contribution in [0.4, 0.5) is 10.5 Å². The Balaban J connectivity index is 1.15. The van der Waals surface area contributed by atoms with Crippen LogP contribution in [0.1, 0.15) is 34.5 Å². The maximum Gasteiger partial charge on any atom is 0.338 e. The summed E-state index contributed by atoms with van der Waals surface area (Å²) in [6.45, 7) is 0.317. The van der Waals surface area contributed by atoms with Crippen molar-refractivity contribution in [3.63, 3.8) is 0 Å². The van der Waals surface area contributed by atoms with Crippen molar-refractivity contribution in [2.75, 3.05) is 25.1 Å². The number of rotatable bonds is 4. The molecule has 0 radical (unpaired) electrons. The van der Waals surface area contributed by atoms with Gasteiger partial charge in [0.2, 0.25) is 0 Å². The SMILES string of the molecule is O=C(COC(=O)c1ccc2[nH]c3c(c2c1)CCCC3)NC(=O)Nc1ccc2c(c1)OCCO2. The fourth-order valence-electron chi connectivity index (χ4n) is 4.19. The molecule has 0 unspecified atom stereocenters. The Labute approximate surface area is 189 Å². The van der Waals surface area contributed by atoms with Gasteiger partial charge in [-0.05, 0) is 61.6 Å². The molecule has 2 aliphatic rings. The number of anilines is 1. The molecule has 9 nitrogen and oxygen atoms in total. The highest BCUT2D eigenvalue weighted by Crippen LogP contribution is 2.32. The number of fused-ring (bicyclic) bond motifs is 4. The maximum absolute atomic E-state index is 12.5. The molecule has 170 valence electrons. The zero-order chi connectivity index (χ0) is 22.8. The molecule has 3 amide bonds. The lowest BCUT2D eigenvalue weighted by Gasteiger charge is -2.19. The summed E-state index contributed by atoms with van der Waals surface area (Å²) in [4.78, 5) is 40.0. The first-order chi connectivity index (χ1) is 16.1. The number of ether oxygens (including phenoxy) is 3. The van der Waals surface area contributed by atoms with Gasteiger partial charge in [-0.25, -0.2) is 9.59 Å². The number of aromatic amines is 1. The van der Waals surface area contributed by atoms with E-state index in [0.717, 1.165) is 36.6 Å². The molecular weight excluding hydrogens is 426 g/mol. The number of esters is 1. The predicted molar refractivity (Wildman–Crippen MR) is 120 cm³/mol. The van der Waals surface area contributed by atoms with E-state index in [0.29, 0.717) is 36.0 Å². The zero-order valence-corrected chi connectivity index (χ0v) is 17.9. The second-order valence-electron chi connectivity index (χ2n) is 7.99. The first kappa shape index (κ1) is 20.9. The molecule has 5 rings (SSSR count). The normalized spacial score (nSPS) is 14.3. The number of imide groups is 1. The van der Waals surface area contributed by atoms with Crippen molar-refractivity contribution >= 4 is 34.5 Å². The Morgan fingerprint density at radius 1 is 0.970 bits per heavy atom. The van der Waals surface area contributed by atoms with Gasteiger partial charge < -0.3 is 24.5 Å². The number of nitrogens with one attached hydrogen (secondary N) is 3. The van der Waals surface area contributed by atoms with Crippen LogP contribution in [0.25, 0.3) is 10.9 Å². The Morgan fingerprint density at radius 2 is 1.79 bits per heavy atom. The summed E-state index contributed by atoms with van der Waals surface area (Å²) < 4.78 is 16.0. The number of aryl methyl sites for hydroxylation is 2. The average Bonchev–Trinajstić information content (AvgIpc) is 3.20. The van der Waals surface area contributed by atoms with Crippen LogP contribution in [0.5, 0.6) is 11.5 Å². The average molecular weight is 449 g/mol. The van der Waals surface area contributed by atoms with Gasteiger partial charge in [0.15, 0.2) is 18.1 Å². The largest absolute Gasteiger partial charge is 0.486 e. The molecule has 1 aromatic heterocycles. The van der Waals surface area contributed by atoms with Gasteiger partial charge in [-0.3, -0.25) is 10.1 Å². The van der Waals surface area contributed by atoms with Gasteiger partial charge >= 0.3 is 12.0 Å². The molecule has 2 aromatic carbocycles. The monoisotopic (exact) mass is 449 g/mol. The molecule has 9 heteroatoms. The summed E-state index contributed by atoms with van der Waals surface area (Å²) >= 11 is 0. The van der Waals surface area contributed by atoms with Gasteiger partial charge in [0.25, 0.3) is 5.91 Å². The van der Waals surface area contributed by atoms with Crippen LogP contribution < -0.4 is 20.1 Å². The number of amides is 3. The number of carbonyl (C=O) groups is 3. The van der Waals surface area contributed by atoms with E-state index in [9.17, 15) is 14.4 Å². The van der Waals surface area contributed by atoms with Gasteiger partial charge in [-0.15, -0.1) is 0 Å².